The maximum atomic E-state index is 13.6. The number of rotatable bonds is 3. The van der Waals surface area contributed by atoms with Crippen molar-refractivity contribution in [2.75, 3.05) is 23.3 Å². The van der Waals surface area contributed by atoms with Gasteiger partial charge in [0.25, 0.3) is 0 Å². The highest BCUT2D eigenvalue weighted by molar-refractivity contribution is 6.22. The molecule has 0 spiro atoms. The standard InChI is InChI=1S/C23H17ClFN5O/c24-16-11-29(12-16)22-23-28-20(13-1-4-17(25)5-2-13)21(30(23)8-7-26-22)14-3-6-18-15(9-14)10-19(31)27-18/h1-9,16H,10-12H2,(H,27,31). The minimum absolute atomic E-state index is 0.0102. The van der Waals surface area contributed by atoms with Crippen LogP contribution >= 0.6 is 11.6 Å². The Hall–Kier alpha value is -3.45. The molecular weight excluding hydrogens is 417 g/mol. The summed E-state index contributed by atoms with van der Waals surface area (Å²) in [6.07, 6.45) is 3.98. The highest BCUT2D eigenvalue weighted by Gasteiger charge is 2.29. The predicted molar refractivity (Wildman–Crippen MR) is 118 cm³/mol. The molecule has 4 heterocycles. The molecule has 154 valence electrons. The van der Waals surface area contributed by atoms with Crippen LogP contribution in [0.1, 0.15) is 5.56 Å². The number of nitrogens with zero attached hydrogens (tertiary/aromatic N) is 4. The minimum atomic E-state index is -0.299. The number of benzene rings is 2. The van der Waals surface area contributed by atoms with Crippen molar-refractivity contribution in [3.63, 3.8) is 0 Å². The number of hydrogen-bond acceptors (Lipinski definition) is 4. The maximum Gasteiger partial charge on any atom is 0.228 e. The smallest absolute Gasteiger partial charge is 0.228 e. The Bertz CT molecular complexity index is 1340. The van der Waals surface area contributed by atoms with Gasteiger partial charge in [-0.05, 0) is 42.0 Å². The molecule has 1 N–H and O–H groups in total. The van der Waals surface area contributed by atoms with Crippen LogP contribution in [0.2, 0.25) is 0 Å². The molecule has 0 atom stereocenters. The number of halogens is 2. The van der Waals surface area contributed by atoms with Gasteiger partial charge in [0, 0.05) is 42.3 Å². The largest absolute Gasteiger partial charge is 0.350 e. The second-order valence-electron chi connectivity index (χ2n) is 7.86. The summed E-state index contributed by atoms with van der Waals surface area (Å²) >= 11 is 6.19. The van der Waals surface area contributed by atoms with Gasteiger partial charge in [0.15, 0.2) is 11.5 Å². The SMILES string of the molecule is O=C1Cc2cc(-c3c(-c4ccc(F)cc4)nc4c(N5CC(Cl)C5)nccn34)ccc2N1. The van der Waals surface area contributed by atoms with Gasteiger partial charge in [-0.1, -0.05) is 6.07 Å². The van der Waals surface area contributed by atoms with E-state index in [0.29, 0.717) is 6.42 Å². The molecule has 0 radical (unpaired) electrons. The molecule has 0 bridgehead atoms. The van der Waals surface area contributed by atoms with E-state index < -0.39 is 0 Å². The third kappa shape index (κ3) is 2.96. The number of carbonyl (C=O) groups is 1. The van der Waals surface area contributed by atoms with Gasteiger partial charge in [0.05, 0.1) is 23.2 Å². The topological polar surface area (TPSA) is 62.5 Å². The first-order chi connectivity index (χ1) is 15.1. The summed E-state index contributed by atoms with van der Waals surface area (Å²) in [5.74, 6) is 0.461. The van der Waals surface area contributed by atoms with Crippen LogP contribution in [0.15, 0.2) is 54.9 Å². The molecule has 2 aliphatic heterocycles. The van der Waals surface area contributed by atoms with Crippen LogP contribution < -0.4 is 10.2 Å². The Morgan fingerprint density at radius 2 is 1.87 bits per heavy atom. The summed E-state index contributed by atoms with van der Waals surface area (Å²) in [5.41, 5.74) is 5.84. The van der Waals surface area contributed by atoms with Gasteiger partial charge in [-0.2, -0.15) is 0 Å². The summed E-state index contributed by atoms with van der Waals surface area (Å²) in [7, 11) is 0. The number of nitrogens with one attached hydrogen (secondary N) is 1. The Morgan fingerprint density at radius 1 is 1.10 bits per heavy atom. The van der Waals surface area contributed by atoms with Crippen molar-refractivity contribution in [1.82, 2.24) is 14.4 Å². The van der Waals surface area contributed by atoms with E-state index in [4.69, 9.17) is 16.6 Å². The van der Waals surface area contributed by atoms with Gasteiger partial charge in [-0.25, -0.2) is 14.4 Å². The molecule has 6 nitrogen and oxygen atoms in total. The summed E-state index contributed by atoms with van der Waals surface area (Å²) in [6, 6.07) is 12.2. The Kier molecular flexibility index (Phi) is 4.01. The van der Waals surface area contributed by atoms with Crippen molar-refractivity contribution in [3.05, 3.63) is 66.2 Å². The van der Waals surface area contributed by atoms with Crippen LogP contribution in [0.5, 0.6) is 0 Å². The van der Waals surface area contributed by atoms with Crippen LogP contribution in [0.3, 0.4) is 0 Å². The van der Waals surface area contributed by atoms with Crippen molar-refractivity contribution < 1.29 is 9.18 Å². The third-order valence-electron chi connectivity index (χ3n) is 5.78. The molecule has 0 aliphatic carbocycles. The fraction of sp³-hybridized carbons (Fsp3) is 0.174. The lowest BCUT2D eigenvalue weighted by Gasteiger charge is -2.36. The second kappa shape index (κ2) is 6.78. The van der Waals surface area contributed by atoms with Crippen molar-refractivity contribution >= 4 is 34.7 Å². The summed E-state index contributed by atoms with van der Waals surface area (Å²) in [6.45, 7) is 1.43. The fourth-order valence-electron chi connectivity index (χ4n) is 4.25. The number of amides is 1. The fourth-order valence-corrected chi connectivity index (χ4v) is 4.58. The Balaban J connectivity index is 1.59. The van der Waals surface area contributed by atoms with Gasteiger partial charge in [0.1, 0.15) is 5.82 Å². The van der Waals surface area contributed by atoms with Crippen LogP contribution in [0, 0.1) is 5.82 Å². The molecule has 2 aliphatic rings. The van der Waals surface area contributed by atoms with Crippen LogP contribution in [-0.2, 0) is 11.2 Å². The molecule has 2 aromatic heterocycles. The van der Waals surface area contributed by atoms with Gasteiger partial charge in [0.2, 0.25) is 5.91 Å². The number of alkyl halides is 1. The first-order valence-corrected chi connectivity index (χ1v) is 10.5. The zero-order chi connectivity index (χ0) is 21.1. The van der Waals surface area contributed by atoms with E-state index in [1.807, 2.05) is 28.8 Å². The Morgan fingerprint density at radius 3 is 2.65 bits per heavy atom. The van der Waals surface area contributed by atoms with E-state index in [9.17, 15) is 9.18 Å². The molecule has 31 heavy (non-hydrogen) atoms. The zero-order valence-electron chi connectivity index (χ0n) is 16.3. The average Bonchev–Trinajstić information content (AvgIpc) is 3.31. The molecule has 2 aromatic carbocycles. The number of carbonyl (C=O) groups excluding carboxylic acids is 1. The highest BCUT2D eigenvalue weighted by Crippen LogP contribution is 2.38. The molecule has 1 saturated heterocycles. The van der Waals surface area contributed by atoms with Crippen molar-refractivity contribution in [3.8, 4) is 22.5 Å². The van der Waals surface area contributed by atoms with Crippen LogP contribution in [0.25, 0.3) is 28.2 Å². The number of fused-ring (bicyclic) bond motifs is 2. The molecule has 4 aromatic rings. The van der Waals surface area contributed by atoms with E-state index in [1.165, 1.54) is 12.1 Å². The monoisotopic (exact) mass is 433 g/mol. The van der Waals surface area contributed by atoms with Crippen molar-refractivity contribution in [2.24, 2.45) is 0 Å². The normalized spacial score (nSPS) is 15.8. The molecule has 1 fully saturated rings. The quantitative estimate of drug-likeness (QED) is 0.493. The molecule has 8 heteroatoms. The number of hydrogen-bond donors (Lipinski definition) is 1. The molecule has 0 unspecified atom stereocenters. The first-order valence-electron chi connectivity index (χ1n) is 10.0. The summed E-state index contributed by atoms with van der Waals surface area (Å²) < 4.78 is 15.6. The number of anilines is 2. The maximum absolute atomic E-state index is 13.6. The van der Waals surface area contributed by atoms with Crippen LogP contribution in [0.4, 0.5) is 15.9 Å². The Labute approximate surface area is 182 Å². The predicted octanol–water partition coefficient (Wildman–Crippen LogP) is 4.12. The zero-order valence-corrected chi connectivity index (χ0v) is 17.1. The van der Waals surface area contributed by atoms with Crippen molar-refractivity contribution in [2.45, 2.75) is 11.8 Å². The minimum Gasteiger partial charge on any atom is -0.350 e. The van der Waals surface area contributed by atoms with Gasteiger partial charge >= 0.3 is 0 Å². The lowest BCUT2D eigenvalue weighted by molar-refractivity contribution is -0.115. The third-order valence-corrected chi connectivity index (χ3v) is 6.06. The van der Waals surface area contributed by atoms with Gasteiger partial charge in [-0.15, -0.1) is 11.6 Å². The molecule has 6 rings (SSSR count). The lowest BCUT2D eigenvalue weighted by atomic mass is 10.0. The molecule has 1 amide bonds. The van der Waals surface area contributed by atoms with E-state index in [-0.39, 0.29) is 17.1 Å². The number of aromatic nitrogens is 3. The molecular formula is C23H17ClFN5O. The summed E-state index contributed by atoms with van der Waals surface area (Å²) in [4.78, 5) is 23.4. The van der Waals surface area contributed by atoms with E-state index in [0.717, 1.165) is 58.3 Å². The second-order valence-corrected chi connectivity index (χ2v) is 8.48. The first kappa shape index (κ1) is 18.3. The summed E-state index contributed by atoms with van der Waals surface area (Å²) in [5, 5.41) is 2.98. The van der Waals surface area contributed by atoms with E-state index in [1.54, 1.807) is 18.3 Å². The van der Waals surface area contributed by atoms with Gasteiger partial charge < -0.3 is 10.2 Å². The average molecular weight is 434 g/mol. The van der Waals surface area contributed by atoms with E-state index in [2.05, 4.69) is 15.2 Å². The van der Waals surface area contributed by atoms with E-state index >= 15 is 0 Å². The lowest BCUT2D eigenvalue weighted by Crippen LogP contribution is -2.48. The number of imidazole rings is 1. The van der Waals surface area contributed by atoms with Crippen LogP contribution in [-0.4, -0.2) is 38.7 Å². The highest BCUT2D eigenvalue weighted by atomic mass is 35.5. The molecule has 0 saturated carbocycles. The van der Waals surface area contributed by atoms with Gasteiger partial charge in [-0.3, -0.25) is 9.20 Å². The van der Waals surface area contributed by atoms with Crippen molar-refractivity contribution in [1.29, 1.82) is 0 Å².